The van der Waals surface area contributed by atoms with Gasteiger partial charge in [-0.1, -0.05) is 49.4 Å². The minimum atomic E-state index is -1.04. The molecule has 0 saturated carbocycles. The third-order valence-electron chi connectivity index (χ3n) is 5.96. The van der Waals surface area contributed by atoms with Crippen LogP contribution in [0.15, 0.2) is 66.2 Å². The van der Waals surface area contributed by atoms with Crippen LogP contribution in [0.4, 0.5) is 4.39 Å². The number of hydrogen-bond acceptors (Lipinski definition) is 3. The number of pyridine rings is 1. The summed E-state index contributed by atoms with van der Waals surface area (Å²) in [5.74, 6) is -1.39. The third-order valence-corrected chi connectivity index (χ3v) is 5.96. The number of halogens is 1. The van der Waals surface area contributed by atoms with E-state index in [9.17, 15) is 19.6 Å². The molecule has 0 amide bonds. The van der Waals surface area contributed by atoms with Crippen LogP contribution in [0.2, 0.25) is 0 Å². The van der Waals surface area contributed by atoms with Gasteiger partial charge in [0.05, 0.1) is 17.3 Å². The van der Waals surface area contributed by atoms with E-state index < -0.39 is 12.0 Å². The van der Waals surface area contributed by atoms with E-state index in [1.807, 2.05) is 54.8 Å². The average Bonchev–Trinajstić information content (AvgIpc) is 3.12. The van der Waals surface area contributed by atoms with Crippen LogP contribution in [0.5, 0.6) is 0 Å². The second-order valence-electron chi connectivity index (χ2n) is 8.21. The minimum Gasteiger partial charge on any atom is -0.478 e. The van der Waals surface area contributed by atoms with Crippen molar-refractivity contribution in [2.45, 2.75) is 33.2 Å². The fourth-order valence-electron chi connectivity index (χ4n) is 4.43. The molecule has 0 radical (unpaired) electrons. The second kappa shape index (κ2) is 9.32. The molecule has 0 aliphatic carbocycles. The standard InChI is InChI=1S/C28H24FN3O2/c1-4-19(28(33)34)15-24-23(16-30)25-17(2)14-18(3)31-27(25)32(24)26(20-8-6-5-7-9-20)21-10-12-22(29)13-11-21/h5-15,26H,4H2,1-3H3,(H,33,34)/b19-15+. The lowest BCUT2D eigenvalue weighted by atomic mass is 9.97. The molecule has 4 aromatic rings. The number of hydrogen-bond donors (Lipinski definition) is 1. The van der Waals surface area contributed by atoms with Crippen LogP contribution in [0.1, 0.15) is 53.0 Å². The fraction of sp³-hybridized carbons (Fsp3) is 0.179. The third kappa shape index (κ3) is 4.08. The maximum Gasteiger partial charge on any atom is 0.331 e. The zero-order valence-corrected chi connectivity index (χ0v) is 19.2. The van der Waals surface area contributed by atoms with E-state index in [1.165, 1.54) is 12.1 Å². The second-order valence-corrected chi connectivity index (χ2v) is 8.21. The Morgan fingerprint density at radius 3 is 2.38 bits per heavy atom. The van der Waals surface area contributed by atoms with Crippen LogP contribution in [0, 0.1) is 31.0 Å². The maximum absolute atomic E-state index is 13.8. The molecule has 170 valence electrons. The normalized spacial score (nSPS) is 12.5. The van der Waals surface area contributed by atoms with Gasteiger partial charge < -0.3 is 9.67 Å². The van der Waals surface area contributed by atoms with Gasteiger partial charge in [-0.3, -0.25) is 0 Å². The van der Waals surface area contributed by atoms with Gasteiger partial charge in [-0.2, -0.15) is 5.26 Å². The lowest BCUT2D eigenvalue weighted by Crippen LogP contribution is -2.15. The van der Waals surface area contributed by atoms with Crippen molar-refractivity contribution < 1.29 is 14.3 Å². The van der Waals surface area contributed by atoms with E-state index in [0.29, 0.717) is 28.7 Å². The summed E-state index contributed by atoms with van der Waals surface area (Å²) < 4.78 is 15.7. The summed E-state index contributed by atoms with van der Waals surface area (Å²) in [6, 6.07) is 19.6. The quantitative estimate of drug-likeness (QED) is 0.354. The topological polar surface area (TPSA) is 78.9 Å². The highest BCUT2D eigenvalue weighted by Crippen LogP contribution is 2.37. The molecular weight excluding hydrogens is 429 g/mol. The van der Waals surface area contributed by atoms with Gasteiger partial charge in [-0.15, -0.1) is 0 Å². The number of nitriles is 1. The van der Waals surface area contributed by atoms with Crippen molar-refractivity contribution in [2.75, 3.05) is 0 Å². The van der Waals surface area contributed by atoms with E-state index in [1.54, 1.807) is 25.1 Å². The van der Waals surface area contributed by atoms with Crippen LogP contribution in [-0.2, 0) is 4.79 Å². The van der Waals surface area contributed by atoms with Crippen molar-refractivity contribution >= 4 is 23.1 Å². The summed E-state index contributed by atoms with van der Waals surface area (Å²) in [5, 5.41) is 20.6. The largest absolute Gasteiger partial charge is 0.478 e. The summed E-state index contributed by atoms with van der Waals surface area (Å²) in [5.41, 5.74) is 4.96. The molecule has 0 bridgehead atoms. The number of rotatable bonds is 6. The van der Waals surface area contributed by atoms with Crippen LogP contribution < -0.4 is 0 Å². The first-order valence-corrected chi connectivity index (χ1v) is 11.0. The Morgan fingerprint density at radius 1 is 1.15 bits per heavy atom. The maximum atomic E-state index is 13.8. The Kier molecular flexibility index (Phi) is 6.29. The first-order chi connectivity index (χ1) is 16.3. The fourth-order valence-corrected chi connectivity index (χ4v) is 4.43. The van der Waals surface area contributed by atoms with Crippen LogP contribution >= 0.6 is 0 Å². The van der Waals surface area contributed by atoms with Crippen molar-refractivity contribution in [3.05, 3.63) is 106 Å². The SMILES string of the molecule is CC/C(=C\c1c(C#N)c2c(C)cc(C)nc2n1C(c1ccccc1)c1ccc(F)cc1)C(=O)O. The Balaban J connectivity index is 2.19. The predicted octanol–water partition coefficient (Wildman–Crippen LogP) is 6.18. The molecule has 0 aliphatic rings. The van der Waals surface area contributed by atoms with E-state index in [4.69, 9.17) is 4.98 Å². The van der Waals surface area contributed by atoms with E-state index in [0.717, 1.165) is 22.4 Å². The van der Waals surface area contributed by atoms with E-state index in [2.05, 4.69) is 6.07 Å². The predicted molar refractivity (Wildman–Crippen MR) is 130 cm³/mol. The van der Waals surface area contributed by atoms with E-state index in [-0.39, 0.29) is 11.4 Å². The van der Waals surface area contributed by atoms with Gasteiger partial charge in [-0.25, -0.2) is 14.2 Å². The first kappa shape index (κ1) is 22.9. The Morgan fingerprint density at radius 2 is 1.79 bits per heavy atom. The molecule has 2 heterocycles. The van der Waals surface area contributed by atoms with Crippen LogP contribution in [0.3, 0.4) is 0 Å². The molecule has 5 nitrogen and oxygen atoms in total. The van der Waals surface area contributed by atoms with Crippen molar-refractivity contribution in [3.63, 3.8) is 0 Å². The number of fused-ring (bicyclic) bond motifs is 1. The summed E-state index contributed by atoms with van der Waals surface area (Å²) in [6.07, 6.45) is 1.86. The smallest absolute Gasteiger partial charge is 0.331 e. The first-order valence-electron chi connectivity index (χ1n) is 11.0. The molecule has 0 aliphatic heterocycles. The molecule has 1 atom stereocenters. The van der Waals surface area contributed by atoms with Crippen LogP contribution in [0.25, 0.3) is 17.1 Å². The number of carboxylic acid groups (broad SMARTS) is 1. The number of aliphatic carboxylic acids is 1. The van der Waals surface area contributed by atoms with Crippen molar-refractivity contribution in [3.8, 4) is 6.07 Å². The number of carboxylic acids is 1. The van der Waals surface area contributed by atoms with E-state index >= 15 is 0 Å². The molecule has 4 rings (SSSR count). The molecule has 0 saturated heterocycles. The van der Waals surface area contributed by atoms with Crippen molar-refractivity contribution in [1.29, 1.82) is 5.26 Å². The summed E-state index contributed by atoms with van der Waals surface area (Å²) in [7, 11) is 0. The number of benzene rings is 2. The van der Waals surface area contributed by atoms with Crippen molar-refractivity contribution in [1.82, 2.24) is 9.55 Å². The zero-order valence-electron chi connectivity index (χ0n) is 19.2. The monoisotopic (exact) mass is 453 g/mol. The van der Waals surface area contributed by atoms with Gasteiger partial charge in [-0.05, 0) is 61.2 Å². The van der Waals surface area contributed by atoms with Gasteiger partial charge >= 0.3 is 5.97 Å². The number of aryl methyl sites for hydroxylation is 2. The highest BCUT2D eigenvalue weighted by Gasteiger charge is 2.27. The lowest BCUT2D eigenvalue weighted by Gasteiger charge is -2.23. The zero-order chi connectivity index (χ0) is 24.4. The summed E-state index contributed by atoms with van der Waals surface area (Å²) in [4.78, 5) is 16.7. The average molecular weight is 454 g/mol. The van der Waals surface area contributed by atoms with Gasteiger partial charge in [0.15, 0.2) is 0 Å². The van der Waals surface area contributed by atoms with Gasteiger partial charge in [0.1, 0.15) is 17.5 Å². The Bertz CT molecular complexity index is 1450. The highest BCUT2D eigenvalue weighted by atomic mass is 19.1. The molecular formula is C28H24FN3O2. The number of aromatic nitrogens is 2. The molecule has 2 aromatic carbocycles. The minimum absolute atomic E-state index is 0.181. The lowest BCUT2D eigenvalue weighted by molar-refractivity contribution is -0.132. The molecule has 1 N–H and O–H groups in total. The van der Waals surface area contributed by atoms with Gasteiger partial charge in [0.2, 0.25) is 0 Å². The highest BCUT2D eigenvalue weighted by molar-refractivity contribution is 5.96. The number of carbonyl (C=O) groups is 1. The van der Waals surface area contributed by atoms with Gasteiger partial charge in [0, 0.05) is 16.7 Å². The van der Waals surface area contributed by atoms with Gasteiger partial charge in [0.25, 0.3) is 0 Å². The molecule has 34 heavy (non-hydrogen) atoms. The molecule has 2 aromatic heterocycles. The molecule has 6 heteroatoms. The van der Waals surface area contributed by atoms with Crippen LogP contribution in [-0.4, -0.2) is 20.6 Å². The summed E-state index contributed by atoms with van der Waals surface area (Å²) >= 11 is 0. The summed E-state index contributed by atoms with van der Waals surface area (Å²) in [6.45, 7) is 5.57. The molecule has 0 spiro atoms. The molecule has 0 fully saturated rings. The van der Waals surface area contributed by atoms with Crippen molar-refractivity contribution in [2.24, 2.45) is 0 Å². The molecule has 1 unspecified atom stereocenters. The Labute approximate surface area is 197 Å². The number of nitrogens with zero attached hydrogens (tertiary/aromatic N) is 3. The Hall–Kier alpha value is -4.24.